The number of benzene rings is 2. The van der Waals surface area contributed by atoms with Crippen molar-refractivity contribution in [2.75, 3.05) is 0 Å². The lowest BCUT2D eigenvalue weighted by molar-refractivity contribution is -0.150. The number of hydrogen-bond donors (Lipinski definition) is 0. The summed E-state index contributed by atoms with van der Waals surface area (Å²) in [6.07, 6.45) is 4.09. The number of aromatic nitrogens is 1. The molecule has 1 aromatic heterocycles. The van der Waals surface area contributed by atoms with E-state index in [1.807, 2.05) is 50.5 Å². The van der Waals surface area contributed by atoms with Crippen LogP contribution in [0.4, 0.5) is 8.78 Å². The molecule has 0 saturated heterocycles. The Balaban J connectivity index is 1.33. The summed E-state index contributed by atoms with van der Waals surface area (Å²) in [6, 6.07) is 15.2. The third-order valence-electron chi connectivity index (χ3n) is 5.55. The number of halogens is 2. The molecule has 156 valence electrons. The van der Waals surface area contributed by atoms with Gasteiger partial charge in [-0.05, 0) is 35.7 Å². The highest BCUT2D eigenvalue weighted by molar-refractivity contribution is 5.78. The molecule has 4 nitrogen and oxygen atoms in total. The predicted molar refractivity (Wildman–Crippen MR) is 108 cm³/mol. The minimum Gasteiger partial charge on any atom is -0.486 e. The Morgan fingerprint density at radius 2 is 1.83 bits per heavy atom. The van der Waals surface area contributed by atoms with Gasteiger partial charge in [0.15, 0.2) is 18.3 Å². The summed E-state index contributed by atoms with van der Waals surface area (Å²) in [4.78, 5) is 12.6. The first kappa shape index (κ1) is 20.1. The van der Waals surface area contributed by atoms with Crippen LogP contribution < -0.4 is 4.74 Å². The molecule has 3 aromatic rings. The highest BCUT2D eigenvalue weighted by Crippen LogP contribution is 2.54. The number of esters is 1. The van der Waals surface area contributed by atoms with Crippen LogP contribution >= 0.6 is 0 Å². The molecule has 2 atom stereocenters. The summed E-state index contributed by atoms with van der Waals surface area (Å²) in [5.41, 5.74) is 1.84. The third-order valence-corrected chi connectivity index (χ3v) is 5.55. The summed E-state index contributed by atoms with van der Waals surface area (Å²) in [5.74, 6) is -2.44. The van der Waals surface area contributed by atoms with Gasteiger partial charge in [0.1, 0.15) is 17.8 Å². The molecule has 1 aliphatic carbocycles. The Kier molecular flexibility index (Phi) is 5.33. The topological polar surface area (TPSA) is 40.5 Å². The summed E-state index contributed by atoms with van der Waals surface area (Å²) in [5, 5.41) is 0. The van der Waals surface area contributed by atoms with Gasteiger partial charge >= 0.3 is 5.97 Å². The SMILES string of the molecule is CC1(C)C(Oc2ccc(F)cc2F)C1C(=O)OCn1ccc(Cc2ccccc2)c1. The van der Waals surface area contributed by atoms with Crippen LogP contribution in [0.15, 0.2) is 67.0 Å². The van der Waals surface area contributed by atoms with Gasteiger partial charge in [-0.15, -0.1) is 0 Å². The number of hydrogen-bond acceptors (Lipinski definition) is 3. The fraction of sp³-hybridized carbons (Fsp3) is 0.292. The number of rotatable bonds is 7. The van der Waals surface area contributed by atoms with Crippen LogP contribution in [0.2, 0.25) is 0 Å². The summed E-state index contributed by atoms with van der Waals surface area (Å²) in [7, 11) is 0. The van der Waals surface area contributed by atoms with Gasteiger partial charge in [0.2, 0.25) is 0 Å². The second-order valence-corrected chi connectivity index (χ2v) is 8.20. The van der Waals surface area contributed by atoms with Gasteiger partial charge in [-0.1, -0.05) is 44.2 Å². The predicted octanol–water partition coefficient (Wildman–Crippen LogP) is 4.96. The zero-order valence-electron chi connectivity index (χ0n) is 16.8. The van der Waals surface area contributed by atoms with Crippen LogP contribution in [0.5, 0.6) is 5.75 Å². The Morgan fingerprint density at radius 1 is 1.07 bits per heavy atom. The van der Waals surface area contributed by atoms with Gasteiger partial charge < -0.3 is 14.0 Å². The summed E-state index contributed by atoms with van der Waals surface area (Å²) in [6.45, 7) is 3.81. The average molecular weight is 411 g/mol. The van der Waals surface area contributed by atoms with Gasteiger partial charge in [0, 0.05) is 23.9 Å². The van der Waals surface area contributed by atoms with E-state index in [9.17, 15) is 13.6 Å². The maximum absolute atomic E-state index is 13.9. The van der Waals surface area contributed by atoms with Crippen molar-refractivity contribution in [3.63, 3.8) is 0 Å². The van der Waals surface area contributed by atoms with E-state index in [0.29, 0.717) is 0 Å². The summed E-state index contributed by atoms with van der Waals surface area (Å²) < 4.78 is 39.8. The van der Waals surface area contributed by atoms with Crippen LogP contribution in [0.1, 0.15) is 25.0 Å². The molecule has 6 heteroatoms. The first-order valence-corrected chi connectivity index (χ1v) is 9.81. The molecule has 1 aliphatic rings. The van der Waals surface area contributed by atoms with Gasteiger partial charge in [0.05, 0.1) is 0 Å². The van der Waals surface area contributed by atoms with Crippen LogP contribution in [0.25, 0.3) is 0 Å². The van der Waals surface area contributed by atoms with Crippen LogP contribution in [0, 0.1) is 23.0 Å². The Bertz CT molecular complexity index is 1050. The number of carbonyl (C=O) groups excluding carboxylic acids is 1. The number of nitrogens with zero attached hydrogens (tertiary/aromatic N) is 1. The maximum atomic E-state index is 13.9. The molecular weight excluding hydrogens is 388 g/mol. The molecule has 2 aromatic carbocycles. The molecule has 0 amide bonds. The second kappa shape index (κ2) is 7.94. The normalized spacial score (nSPS) is 19.3. The zero-order valence-corrected chi connectivity index (χ0v) is 16.8. The second-order valence-electron chi connectivity index (χ2n) is 8.20. The van der Waals surface area contributed by atoms with Crippen LogP contribution in [-0.4, -0.2) is 16.6 Å². The van der Waals surface area contributed by atoms with Crippen molar-refractivity contribution < 1.29 is 23.0 Å². The zero-order chi connectivity index (χ0) is 21.3. The van der Waals surface area contributed by atoms with Crippen LogP contribution in [-0.2, 0) is 22.7 Å². The molecule has 0 aliphatic heterocycles. The fourth-order valence-electron chi connectivity index (χ4n) is 3.68. The van der Waals surface area contributed by atoms with Crippen molar-refractivity contribution in [2.45, 2.75) is 33.1 Å². The minimum absolute atomic E-state index is 0.0688. The molecule has 30 heavy (non-hydrogen) atoms. The Hall–Kier alpha value is -3.15. The minimum atomic E-state index is -0.789. The van der Waals surface area contributed by atoms with Crippen molar-refractivity contribution in [1.82, 2.24) is 4.57 Å². The standard InChI is InChI=1S/C24H23F2NO3/c1-24(2)21(22(24)30-20-9-8-18(25)13-19(20)26)23(28)29-15-27-11-10-17(14-27)12-16-6-4-3-5-7-16/h3-11,13-14,21-22H,12,15H2,1-2H3. The third kappa shape index (κ3) is 4.22. The van der Waals surface area contributed by atoms with E-state index in [1.165, 1.54) is 11.6 Å². The van der Waals surface area contributed by atoms with Crippen molar-refractivity contribution >= 4 is 5.97 Å². The van der Waals surface area contributed by atoms with Gasteiger partial charge in [-0.3, -0.25) is 4.79 Å². The first-order chi connectivity index (χ1) is 14.3. The average Bonchev–Trinajstić information content (AvgIpc) is 3.02. The van der Waals surface area contributed by atoms with E-state index >= 15 is 0 Å². The lowest BCUT2D eigenvalue weighted by atomic mass is 10.1. The maximum Gasteiger partial charge on any atom is 0.315 e. The van der Waals surface area contributed by atoms with Crippen molar-refractivity contribution in [3.8, 4) is 5.75 Å². The summed E-state index contributed by atoms with van der Waals surface area (Å²) >= 11 is 0. The molecule has 2 unspecified atom stereocenters. The highest BCUT2D eigenvalue weighted by atomic mass is 19.1. The molecule has 0 radical (unpaired) electrons. The fourth-order valence-corrected chi connectivity index (χ4v) is 3.68. The van der Waals surface area contributed by atoms with E-state index in [1.54, 1.807) is 4.57 Å². The smallest absolute Gasteiger partial charge is 0.315 e. The quantitative estimate of drug-likeness (QED) is 0.516. The molecule has 4 rings (SSSR count). The van der Waals surface area contributed by atoms with Gasteiger partial charge in [-0.25, -0.2) is 8.78 Å². The van der Waals surface area contributed by atoms with Gasteiger partial charge in [0.25, 0.3) is 0 Å². The van der Waals surface area contributed by atoms with E-state index in [2.05, 4.69) is 12.1 Å². The Morgan fingerprint density at radius 3 is 2.57 bits per heavy atom. The lowest BCUT2D eigenvalue weighted by Gasteiger charge is -2.08. The molecule has 0 spiro atoms. The molecule has 1 heterocycles. The molecule has 0 bridgehead atoms. The van der Waals surface area contributed by atoms with Crippen molar-refractivity contribution in [2.24, 2.45) is 11.3 Å². The first-order valence-electron chi connectivity index (χ1n) is 9.81. The van der Waals surface area contributed by atoms with Crippen molar-refractivity contribution in [3.05, 3.63) is 89.8 Å². The molecule has 0 N–H and O–H groups in total. The molecular formula is C24H23F2NO3. The van der Waals surface area contributed by atoms with E-state index in [0.717, 1.165) is 24.1 Å². The number of carbonyl (C=O) groups is 1. The monoisotopic (exact) mass is 411 g/mol. The van der Waals surface area contributed by atoms with E-state index in [-0.39, 0.29) is 12.5 Å². The van der Waals surface area contributed by atoms with Crippen LogP contribution in [0.3, 0.4) is 0 Å². The van der Waals surface area contributed by atoms with E-state index < -0.39 is 35.0 Å². The van der Waals surface area contributed by atoms with Gasteiger partial charge in [-0.2, -0.15) is 0 Å². The largest absolute Gasteiger partial charge is 0.486 e. The highest BCUT2D eigenvalue weighted by Gasteiger charge is 2.65. The van der Waals surface area contributed by atoms with E-state index in [4.69, 9.17) is 9.47 Å². The van der Waals surface area contributed by atoms with Crippen molar-refractivity contribution in [1.29, 1.82) is 0 Å². The molecule has 1 fully saturated rings. The molecule has 1 saturated carbocycles. The lowest BCUT2D eigenvalue weighted by Crippen LogP contribution is -2.14. The number of ether oxygens (including phenoxy) is 2. The Labute approximate surface area is 174 Å².